The molecular weight excluding hydrogens is 434 g/mol. The van der Waals surface area contributed by atoms with Crippen molar-refractivity contribution in [2.45, 2.75) is 68.8 Å². The van der Waals surface area contributed by atoms with Crippen LogP contribution in [0, 0.1) is 0 Å². The van der Waals surface area contributed by atoms with Gasteiger partial charge in [0.1, 0.15) is 9.77 Å². The Morgan fingerprint density at radius 2 is 1.94 bits per heavy atom. The molecule has 1 saturated carbocycles. The van der Waals surface area contributed by atoms with E-state index in [1.807, 2.05) is 6.07 Å². The van der Waals surface area contributed by atoms with E-state index in [0.717, 1.165) is 36.2 Å². The molecule has 0 radical (unpaired) electrons. The fourth-order valence-electron chi connectivity index (χ4n) is 3.78. The number of aromatic nitrogens is 1. The Morgan fingerprint density at radius 1 is 1.26 bits per heavy atom. The quantitative estimate of drug-likeness (QED) is 0.641. The van der Waals surface area contributed by atoms with Crippen LogP contribution in [0.1, 0.15) is 61.0 Å². The highest BCUT2D eigenvalue weighted by atomic mass is 32.2. The van der Waals surface area contributed by atoms with Crippen LogP contribution in [-0.2, 0) is 20.2 Å². The Morgan fingerprint density at radius 3 is 2.48 bits per heavy atom. The molecule has 3 rings (SSSR count). The van der Waals surface area contributed by atoms with E-state index in [1.54, 1.807) is 25.4 Å². The maximum absolute atomic E-state index is 12.9. The zero-order chi connectivity index (χ0) is 22.8. The summed E-state index contributed by atoms with van der Waals surface area (Å²) in [6.45, 7) is 6.36. The Bertz CT molecular complexity index is 1010. The fourth-order valence-corrected chi connectivity index (χ4v) is 6.26. The molecule has 1 N–H and O–H groups in total. The number of rotatable bonds is 6. The number of hydrogen-bond donors (Lipinski definition) is 1. The van der Waals surface area contributed by atoms with Crippen molar-refractivity contribution < 1.29 is 17.9 Å². The van der Waals surface area contributed by atoms with Crippen molar-refractivity contribution in [2.24, 2.45) is 0 Å². The number of nitrogens with one attached hydrogen (secondary N) is 1. The number of sulfonamides is 1. The van der Waals surface area contributed by atoms with Crippen LogP contribution in [-0.4, -0.2) is 49.9 Å². The van der Waals surface area contributed by atoms with E-state index >= 15 is 0 Å². The molecule has 0 spiro atoms. The lowest BCUT2D eigenvalue weighted by Gasteiger charge is -2.34. The number of pyridine rings is 1. The van der Waals surface area contributed by atoms with Crippen LogP contribution in [0.15, 0.2) is 35.5 Å². The van der Waals surface area contributed by atoms with Gasteiger partial charge in [0.05, 0.1) is 12.8 Å². The summed E-state index contributed by atoms with van der Waals surface area (Å²) in [7, 11) is -0.520. The number of carbonyl (C=O) groups excluding carboxylic acids is 1. The second kappa shape index (κ2) is 9.26. The van der Waals surface area contributed by atoms with E-state index in [2.05, 4.69) is 31.1 Å². The number of nitrogens with zero attached hydrogens (tertiary/aromatic N) is 2. The predicted molar refractivity (Wildman–Crippen MR) is 123 cm³/mol. The largest absolute Gasteiger partial charge is 0.465 e. The normalized spacial score (nSPS) is 19.9. The second-order valence-electron chi connectivity index (χ2n) is 8.95. The Labute approximate surface area is 188 Å². The van der Waals surface area contributed by atoms with Gasteiger partial charge in [-0.05, 0) is 49.3 Å². The first-order valence-corrected chi connectivity index (χ1v) is 12.7. The standard InChI is InChI=1S/C22H31N3O4S2/c1-22(2,3)19-13-18(20(30-19)21(26)29-5)24-15-8-10-16(11-9-15)25(4)31(27,28)17-7-6-12-23-14-17/h6-7,12-16,24H,8-11H2,1-5H3/t15-,16-. The van der Waals surface area contributed by atoms with Crippen LogP contribution in [0.4, 0.5) is 5.69 Å². The highest BCUT2D eigenvalue weighted by Gasteiger charge is 2.32. The van der Waals surface area contributed by atoms with E-state index in [1.165, 1.54) is 28.9 Å². The molecule has 1 aliphatic rings. The molecule has 7 nitrogen and oxygen atoms in total. The molecule has 31 heavy (non-hydrogen) atoms. The third-order valence-electron chi connectivity index (χ3n) is 5.72. The Hall–Kier alpha value is -1.97. The average Bonchev–Trinajstić information content (AvgIpc) is 3.18. The average molecular weight is 466 g/mol. The number of ether oxygens (including phenoxy) is 1. The van der Waals surface area contributed by atoms with Gasteiger partial charge < -0.3 is 10.1 Å². The molecule has 2 aromatic heterocycles. The van der Waals surface area contributed by atoms with Crippen LogP contribution in [0.3, 0.4) is 0 Å². The summed E-state index contributed by atoms with van der Waals surface area (Å²) < 4.78 is 32.2. The zero-order valence-corrected chi connectivity index (χ0v) is 20.3. The maximum Gasteiger partial charge on any atom is 0.350 e. The minimum absolute atomic E-state index is 0.0593. The second-order valence-corrected chi connectivity index (χ2v) is 12.0. The minimum atomic E-state index is -3.56. The van der Waals surface area contributed by atoms with E-state index in [0.29, 0.717) is 4.88 Å². The van der Waals surface area contributed by atoms with Crippen molar-refractivity contribution in [3.8, 4) is 0 Å². The summed E-state index contributed by atoms with van der Waals surface area (Å²) >= 11 is 1.46. The van der Waals surface area contributed by atoms with Gasteiger partial charge in [-0.25, -0.2) is 13.2 Å². The van der Waals surface area contributed by atoms with Crippen molar-refractivity contribution in [3.63, 3.8) is 0 Å². The number of methoxy groups -OCH3 is 1. The molecule has 0 bridgehead atoms. The molecule has 170 valence electrons. The third kappa shape index (κ3) is 5.27. The number of thiophene rings is 1. The van der Waals surface area contributed by atoms with Gasteiger partial charge in [0.25, 0.3) is 0 Å². The van der Waals surface area contributed by atoms with Gasteiger partial charge in [-0.2, -0.15) is 4.31 Å². The summed E-state index contributed by atoms with van der Waals surface area (Å²) in [6.07, 6.45) is 6.08. The summed E-state index contributed by atoms with van der Waals surface area (Å²) in [5.41, 5.74) is 0.746. The summed E-state index contributed by atoms with van der Waals surface area (Å²) in [6, 6.07) is 5.37. The van der Waals surface area contributed by atoms with Crippen LogP contribution in [0.2, 0.25) is 0 Å². The van der Waals surface area contributed by atoms with Crippen LogP contribution < -0.4 is 5.32 Å². The molecule has 0 amide bonds. The van der Waals surface area contributed by atoms with Gasteiger partial charge >= 0.3 is 5.97 Å². The molecular formula is C22H31N3O4S2. The van der Waals surface area contributed by atoms with Crippen molar-refractivity contribution in [3.05, 3.63) is 40.3 Å². The molecule has 0 aliphatic heterocycles. The lowest BCUT2D eigenvalue weighted by Crippen LogP contribution is -2.41. The van der Waals surface area contributed by atoms with E-state index in [-0.39, 0.29) is 28.4 Å². The third-order valence-corrected chi connectivity index (χ3v) is 9.16. The van der Waals surface area contributed by atoms with Gasteiger partial charge in [0, 0.05) is 36.4 Å². The van der Waals surface area contributed by atoms with Gasteiger partial charge in [0.2, 0.25) is 10.0 Å². The van der Waals surface area contributed by atoms with E-state index in [4.69, 9.17) is 4.74 Å². The molecule has 0 saturated heterocycles. The lowest BCUT2D eigenvalue weighted by molar-refractivity contribution is 0.0607. The van der Waals surface area contributed by atoms with Gasteiger partial charge in [-0.3, -0.25) is 4.98 Å². The molecule has 1 fully saturated rings. The Kier molecular flexibility index (Phi) is 7.08. The van der Waals surface area contributed by atoms with Crippen molar-refractivity contribution in [1.29, 1.82) is 0 Å². The first-order valence-electron chi connectivity index (χ1n) is 10.4. The van der Waals surface area contributed by atoms with Gasteiger partial charge in [0.15, 0.2) is 0 Å². The smallest absolute Gasteiger partial charge is 0.350 e. The Balaban J connectivity index is 1.68. The van der Waals surface area contributed by atoms with Crippen LogP contribution in [0.25, 0.3) is 0 Å². The number of anilines is 1. The summed E-state index contributed by atoms with van der Waals surface area (Å²) in [5, 5.41) is 3.52. The highest BCUT2D eigenvalue weighted by molar-refractivity contribution is 7.89. The molecule has 0 unspecified atom stereocenters. The van der Waals surface area contributed by atoms with Crippen molar-refractivity contribution >= 4 is 33.0 Å². The van der Waals surface area contributed by atoms with Gasteiger partial charge in [-0.15, -0.1) is 11.3 Å². The summed E-state index contributed by atoms with van der Waals surface area (Å²) in [4.78, 5) is 18.1. The highest BCUT2D eigenvalue weighted by Crippen LogP contribution is 2.37. The first kappa shape index (κ1) is 23.7. The van der Waals surface area contributed by atoms with Crippen molar-refractivity contribution in [2.75, 3.05) is 19.5 Å². The monoisotopic (exact) mass is 465 g/mol. The molecule has 2 heterocycles. The number of hydrogen-bond acceptors (Lipinski definition) is 7. The number of esters is 1. The maximum atomic E-state index is 12.9. The zero-order valence-electron chi connectivity index (χ0n) is 18.7. The minimum Gasteiger partial charge on any atom is -0.465 e. The van der Waals surface area contributed by atoms with E-state index < -0.39 is 10.0 Å². The topological polar surface area (TPSA) is 88.6 Å². The van der Waals surface area contributed by atoms with Crippen LogP contribution in [0.5, 0.6) is 0 Å². The molecule has 0 atom stereocenters. The number of carbonyl (C=O) groups is 1. The fraction of sp³-hybridized carbons (Fsp3) is 0.545. The predicted octanol–water partition coefficient (Wildman–Crippen LogP) is 4.27. The molecule has 0 aromatic carbocycles. The molecule has 1 aliphatic carbocycles. The first-order chi connectivity index (χ1) is 14.5. The molecule has 2 aromatic rings. The van der Waals surface area contributed by atoms with Gasteiger partial charge in [-0.1, -0.05) is 20.8 Å². The SMILES string of the molecule is COC(=O)c1sc(C(C)(C)C)cc1N[C@H]1CC[C@H](N(C)S(=O)(=O)c2cccnc2)CC1. The van der Waals surface area contributed by atoms with Crippen molar-refractivity contribution in [1.82, 2.24) is 9.29 Å². The lowest BCUT2D eigenvalue weighted by atomic mass is 9.91. The van der Waals surface area contributed by atoms with E-state index in [9.17, 15) is 13.2 Å². The van der Waals surface area contributed by atoms with Crippen LogP contribution >= 0.6 is 11.3 Å². The summed E-state index contributed by atoms with van der Waals surface area (Å²) in [5.74, 6) is -0.334. The molecule has 9 heteroatoms.